The zero-order valence-electron chi connectivity index (χ0n) is 9.59. The highest BCUT2D eigenvalue weighted by molar-refractivity contribution is 5.72. The highest BCUT2D eigenvalue weighted by Gasteiger charge is 2.25. The van der Waals surface area contributed by atoms with E-state index in [2.05, 4.69) is 12.2 Å². The summed E-state index contributed by atoms with van der Waals surface area (Å²) in [6, 6.07) is 0.525. The van der Waals surface area contributed by atoms with Crippen LogP contribution < -0.4 is 5.32 Å². The van der Waals surface area contributed by atoms with Crippen molar-refractivity contribution < 1.29 is 9.53 Å². The second-order valence-electron chi connectivity index (χ2n) is 5.24. The van der Waals surface area contributed by atoms with Crippen molar-refractivity contribution >= 4 is 5.97 Å². The standard InChI is InChI=1S/C11H21NO2/c1-8-5-9(6-8)12-7-10(13)14-11(2,3)4/h8-9,12H,5-7H2,1-4H3. The molecule has 0 radical (unpaired) electrons. The molecule has 0 unspecified atom stereocenters. The molecule has 0 saturated heterocycles. The van der Waals surface area contributed by atoms with E-state index in [4.69, 9.17) is 4.74 Å². The van der Waals surface area contributed by atoms with Gasteiger partial charge < -0.3 is 10.1 Å². The lowest BCUT2D eigenvalue weighted by molar-refractivity contribution is -0.153. The minimum absolute atomic E-state index is 0.156. The Morgan fingerprint density at radius 1 is 1.43 bits per heavy atom. The monoisotopic (exact) mass is 199 g/mol. The van der Waals surface area contributed by atoms with Gasteiger partial charge in [0.1, 0.15) is 5.60 Å². The third-order valence-electron chi connectivity index (χ3n) is 2.33. The summed E-state index contributed by atoms with van der Waals surface area (Å²) >= 11 is 0. The predicted octanol–water partition coefficient (Wildman–Crippen LogP) is 1.72. The zero-order chi connectivity index (χ0) is 10.8. The summed E-state index contributed by atoms with van der Waals surface area (Å²) in [5, 5.41) is 3.20. The van der Waals surface area contributed by atoms with Gasteiger partial charge in [0.2, 0.25) is 0 Å². The van der Waals surface area contributed by atoms with Crippen LogP contribution in [-0.4, -0.2) is 24.2 Å². The van der Waals surface area contributed by atoms with E-state index in [0.29, 0.717) is 12.6 Å². The molecule has 1 rings (SSSR count). The van der Waals surface area contributed by atoms with Crippen LogP contribution in [0.25, 0.3) is 0 Å². The summed E-state index contributed by atoms with van der Waals surface area (Å²) in [7, 11) is 0. The molecule has 82 valence electrons. The van der Waals surface area contributed by atoms with E-state index in [9.17, 15) is 4.79 Å². The van der Waals surface area contributed by atoms with Gasteiger partial charge in [0, 0.05) is 6.04 Å². The van der Waals surface area contributed by atoms with Crippen molar-refractivity contribution in [2.24, 2.45) is 5.92 Å². The third-order valence-corrected chi connectivity index (χ3v) is 2.33. The summed E-state index contributed by atoms with van der Waals surface area (Å²) in [5.41, 5.74) is -0.369. The lowest BCUT2D eigenvalue weighted by atomic mass is 9.82. The van der Waals surface area contributed by atoms with Crippen molar-refractivity contribution in [2.45, 2.75) is 52.2 Å². The summed E-state index contributed by atoms with van der Waals surface area (Å²) in [4.78, 5) is 11.3. The Morgan fingerprint density at radius 2 is 2.00 bits per heavy atom. The van der Waals surface area contributed by atoms with Crippen molar-refractivity contribution in [1.82, 2.24) is 5.32 Å². The first kappa shape index (κ1) is 11.5. The largest absolute Gasteiger partial charge is 0.459 e. The van der Waals surface area contributed by atoms with Crippen LogP contribution in [0.5, 0.6) is 0 Å². The third kappa shape index (κ3) is 4.09. The maximum Gasteiger partial charge on any atom is 0.320 e. The number of rotatable bonds is 3. The Balaban J connectivity index is 2.10. The lowest BCUT2D eigenvalue weighted by Crippen LogP contribution is -2.43. The summed E-state index contributed by atoms with van der Waals surface area (Å²) < 4.78 is 5.18. The molecule has 0 amide bonds. The van der Waals surface area contributed by atoms with Crippen LogP contribution in [0.4, 0.5) is 0 Å². The molecule has 0 aliphatic heterocycles. The molecule has 3 heteroatoms. The van der Waals surface area contributed by atoms with Crippen LogP contribution in [0.3, 0.4) is 0 Å². The van der Waals surface area contributed by atoms with Crippen LogP contribution in [0.15, 0.2) is 0 Å². The molecule has 14 heavy (non-hydrogen) atoms. The Hall–Kier alpha value is -0.570. The van der Waals surface area contributed by atoms with Gasteiger partial charge in [-0.05, 0) is 39.5 Å². The SMILES string of the molecule is CC1CC(NCC(=O)OC(C)(C)C)C1. The topological polar surface area (TPSA) is 38.3 Å². The lowest BCUT2D eigenvalue weighted by Gasteiger charge is -2.33. The first-order valence-corrected chi connectivity index (χ1v) is 5.32. The van der Waals surface area contributed by atoms with Crippen LogP contribution in [-0.2, 0) is 9.53 Å². The van der Waals surface area contributed by atoms with E-state index >= 15 is 0 Å². The van der Waals surface area contributed by atoms with Gasteiger partial charge >= 0.3 is 5.97 Å². The molecule has 1 aliphatic carbocycles. The average molecular weight is 199 g/mol. The Bertz CT molecular complexity index is 202. The van der Waals surface area contributed by atoms with E-state index in [1.807, 2.05) is 20.8 Å². The number of nitrogens with one attached hydrogen (secondary N) is 1. The molecule has 0 aromatic heterocycles. The van der Waals surface area contributed by atoms with Crippen molar-refractivity contribution in [3.63, 3.8) is 0 Å². The molecule has 0 bridgehead atoms. The van der Waals surface area contributed by atoms with Crippen molar-refractivity contribution in [3.05, 3.63) is 0 Å². The van der Waals surface area contributed by atoms with E-state index in [0.717, 1.165) is 5.92 Å². The molecule has 3 nitrogen and oxygen atoms in total. The smallest absolute Gasteiger partial charge is 0.320 e. The minimum atomic E-state index is -0.369. The van der Waals surface area contributed by atoms with Crippen LogP contribution in [0.1, 0.15) is 40.5 Å². The summed E-state index contributed by atoms with van der Waals surface area (Å²) in [6.45, 7) is 8.23. The van der Waals surface area contributed by atoms with Crippen molar-refractivity contribution in [3.8, 4) is 0 Å². The molecule has 0 aromatic rings. The number of carbonyl (C=O) groups is 1. The fourth-order valence-electron chi connectivity index (χ4n) is 1.67. The van der Waals surface area contributed by atoms with Gasteiger partial charge in [-0.15, -0.1) is 0 Å². The number of carbonyl (C=O) groups excluding carboxylic acids is 1. The zero-order valence-corrected chi connectivity index (χ0v) is 9.59. The normalized spacial score (nSPS) is 26.9. The number of hydrogen-bond acceptors (Lipinski definition) is 3. The average Bonchev–Trinajstić information content (AvgIpc) is 1.92. The molecule has 0 atom stereocenters. The fraction of sp³-hybridized carbons (Fsp3) is 0.909. The predicted molar refractivity (Wildman–Crippen MR) is 56.0 cm³/mol. The highest BCUT2D eigenvalue weighted by Crippen LogP contribution is 2.25. The summed E-state index contributed by atoms with van der Waals surface area (Å²) in [5.74, 6) is 0.656. The quantitative estimate of drug-likeness (QED) is 0.703. The molecule has 1 saturated carbocycles. The molecular formula is C11H21NO2. The van der Waals surface area contributed by atoms with Gasteiger partial charge in [0.25, 0.3) is 0 Å². The van der Waals surface area contributed by atoms with E-state index < -0.39 is 0 Å². The number of ether oxygens (including phenoxy) is 1. The fourth-order valence-corrected chi connectivity index (χ4v) is 1.67. The van der Waals surface area contributed by atoms with Crippen molar-refractivity contribution in [1.29, 1.82) is 0 Å². The molecule has 0 aromatic carbocycles. The molecule has 1 N–H and O–H groups in total. The first-order valence-electron chi connectivity index (χ1n) is 5.32. The van der Waals surface area contributed by atoms with Gasteiger partial charge in [-0.25, -0.2) is 0 Å². The van der Waals surface area contributed by atoms with Gasteiger partial charge in [-0.2, -0.15) is 0 Å². The van der Waals surface area contributed by atoms with E-state index in [1.54, 1.807) is 0 Å². The van der Waals surface area contributed by atoms with E-state index in [1.165, 1.54) is 12.8 Å². The second kappa shape index (κ2) is 4.30. The second-order valence-corrected chi connectivity index (χ2v) is 5.24. The molecule has 0 heterocycles. The number of esters is 1. The molecule has 1 aliphatic rings. The first-order chi connectivity index (χ1) is 6.37. The van der Waals surface area contributed by atoms with Crippen LogP contribution in [0, 0.1) is 5.92 Å². The molecule has 1 fully saturated rings. The maximum absolute atomic E-state index is 11.3. The Morgan fingerprint density at radius 3 is 2.43 bits per heavy atom. The Kier molecular flexibility index (Phi) is 3.53. The number of hydrogen-bond donors (Lipinski definition) is 1. The van der Waals surface area contributed by atoms with Gasteiger partial charge in [-0.3, -0.25) is 4.79 Å². The van der Waals surface area contributed by atoms with Gasteiger partial charge in [0.05, 0.1) is 6.54 Å². The molecule has 0 spiro atoms. The molecular weight excluding hydrogens is 178 g/mol. The Labute approximate surface area is 86.2 Å². The highest BCUT2D eigenvalue weighted by atomic mass is 16.6. The van der Waals surface area contributed by atoms with E-state index in [-0.39, 0.29) is 11.6 Å². The maximum atomic E-state index is 11.3. The van der Waals surface area contributed by atoms with Gasteiger partial charge in [-0.1, -0.05) is 6.92 Å². The minimum Gasteiger partial charge on any atom is -0.459 e. The summed E-state index contributed by atoms with van der Waals surface area (Å²) in [6.07, 6.45) is 2.37. The van der Waals surface area contributed by atoms with Crippen LogP contribution in [0.2, 0.25) is 0 Å². The van der Waals surface area contributed by atoms with Gasteiger partial charge in [0.15, 0.2) is 0 Å². The van der Waals surface area contributed by atoms with Crippen molar-refractivity contribution in [2.75, 3.05) is 6.54 Å². The van der Waals surface area contributed by atoms with Crippen LogP contribution >= 0.6 is 0 Å².